The lowest BCUT2D eigenvalue weighted by Crippen LogP contribution is -2.42. The highest BCUT2D eigenvalue weighted by Crippen LogP contribution is 2.24. The molecular weight excluding hydrogens is 272 g/mol. The second-order valence-corrected chi connectivity index (χ2v) is 4.44. The van der Waals surface area contributed by atoms with E-state index in [0.717, 1.165) is 5.56 Å². The number of oxime groups is 1. The number of nitrogens with zero attached hydrogens (tertiary/aromatic N) is 2. The first-order chi connectivity index (χ1) is 9.13. The predicted molar refractivity (Wildman–Crippen MR) is 68.9 cm³/mol. The number of carboxylic acid groups (broad SMARTS) is 1. The second-order valence-electron chi connectivity index (χ2n) is 4.08. The molecule has 0 saturated carbocycles. The van der Waals surface area contributed by atoms with Crippen LogP contribution in [-0.4, -0.2) is 46.2 Å². The average molecular weight is 285 g/mol. The summed E-state index contributed by atoms with van der Waals surface area (Å²) >= 11 is 5.68. The Morgan fingerprint density at radius 2 is 2.11 bits per heavy atom. The molecule has 1 atom stereocenters. The molecule has 7 heteroatoms. The number of benzene rings is 1. The molecule has 2 N–H and O–H groups in total. The molecule has 1 fully saturated rings. The van der Waals surface area contributed by atoms with E-state index in [4.69, 9.17) is 26.7 Å². The van der Waals surface area contributed by atoms with E-state index in [2.05, 4.69) is 5.16 Å². The van der Waals surface area contributed by atoms with E-state index in [-0.39, 0.29) is 11.2 Å². The van der Waals surface area contributed by atoms with Gasteiger partial charge in [0.25, 0.3) is 0 Å². The molecule has 1 heterocycles. The van der Waals surface area contributed by atoms with Crippen LogP contribution in [-0.2, 0) is 4.74 Å². The number of morpholine rings is 1. The van der Waals surface area contributed by atoms with Gasteiger partial charge in [0.2, 0.25) is 0 Å². The molecule has 0 bridgehead atoms. The second kappa shape index (κ2) is 5.90. The highest BCUT2D eigenvalue weighted by atomic mass is 35.5. The zero-order chi connectivity index (χ0) is 13.8. The van der Waals surface area contributed by atoms with Gasteiger partial charge in [0.15, 0.2) is 5.17 Å². The van der Waals surface area contributed by atoms with Gasteiger partial charge < -0.3 is 15.1 Å². The van der Waals surface area contributed by atoms with Crippen LogP contribution in [0.25, 0.3) is 0 Å². The predicted octanol–water partition coefficient (Wildman–Crippen LogP) is 2.11. The number of hydrogen-bond acceptors (Lipinski definition) is 4. The minimum absolute atomic E-state index is 0.0125. The van der Waals surface area contributed by atoms with E-state index in [0.29, 0.717) is 25.3 Å². The Labute approximate surface area is 114 Å². The average Bonchev–Trinajstić information content (AvgIpc) is 2.46. The third-order valence-corrected chi connectivity index (χ3v) is 3.29. The van der Waals surface area contributed by atoms with Gasteiger partial charge in [0.1, 0.15) is 0 Å². The van der Waals surface area contributed by atoms with Crippen molar-refractivity contribution in [2.24, 2.45) is 5.16 Å². The van der Waals surface area contributed by atoms with Crippen molar-refractivity contribution in [3.63, 3.8) is 0 Å². The number of hydrogen-bond donors (Lipinski definition) is 2. The van der Waals surface area contributed by atoms with Crippen LogP contribution in [0.5, 0.6) is 0 Å². The lowest BCUT2D eigenvalue weighted by molar-refractivity contribution is -0.000895. The van der Waals surface area contributed by atoms with Gasteiger partial charge in [-0.15, -0.1) is 0 Å². The van der Waals surface area contributed by atoms with Crippen molar-refractivity contribution < 1.29 is 19.8 Å². The molecule has 2 rings (SSSR count). The normalized spacial score (nSPS) is 20.4. The summed E-state index contributed by atoms with van der Waals surface area (Å²) in [7, 11) is 0. The molecule has 0 radical (unpaired) electrons. The third-order valence-electron chi connectivity index (χ3n) is 3.00. The van der Waals surface area contributed by atoms with E-state index in [9.17, 15) is 4.79 Å². The zero-order valence-corrected chi connectivity index (χ0v) is 10.7. The molecule has 0 unspecified atom stereocenters. The molecule has 0 aromatic heterocycles. The SMILES string of the molecule is O=C(O)N1CCOC[C@H]1c1ccc(/C(Cl)=N/O)cc1. The number of ether oxygens (including phenoxy) is 1. The fourth-order valence-electron chi connectivity index (χ4n) is 2.01. The molecule has 6 nitrogen and oxygen atoms in total. The maximum atomic E-state index is 11.2. The largest absolute Gasteiger partial charge is 0.465 e. The first-order valence-electron chi connectivity index (χ1n) is 5.68. The summed E-state index contributed by atoms with van der Waals surface area (Å²) in [6.45, 7) is 1.08. The van der Waals surface area contributed by atoms with Crippen molar-refractivity contribution in [1.29, 1.82) is 0 Å². The maximum Gasteiger partial charge on any atom is 0.407 e. The molecule has 1 aliphatic heterocycles. The number of amides is 1. The lowest BCUT2D eigenvalue weighted by atomic mass is 10.0. The van der Waals surface area contributed by atoms with Gasteiger partial charge >= 0.3 is 6.09 Å². The fraction of sp³-hybridized carbons (Fsp3) is 0.333. The molecule has 0 spiro atoms. The summed E-state index contributed by atoms with van der Waals surface area (Å²) in [4.78, 5) is 12.5. The van der Waals surface area contributed by atoms with Crippen molar-refractivity contribution >= 4 is 22.9 Å². The van der Waals surface area contributed by atoms with Crippen LogP contribution < -0.4 is 0 Å². The van der Waals surface area contributed by atoms with E-state index in [1.807, 2.05) is 0 Å². The maximum absolute atomic E-state index is 11.2. The zero-order valence-electron chi connectivity index (χ0n) is 9.99. The monoisotopic (exact) mass is 284 g/mol. The Bertz CT molecular complexity index is 489. The highest BCUT2D eigenvalue weighted by molar-refractivity contribution is 6.69. The van der Waals surface area contributed by atoms with E-state index in [1.54, 1.807) is 24.3 Å². The molecular formula is C12H13ClN2O4. The summed E-state index contributed by atoms with van der Waals surface area (Å²) in [5.74, 6) is 0. The molecule has 1 aliphatic rings. The lowest BCUT2D eigenvalue weighted by Gasteiger charge is -2.33. The minimum Gasteiger partial charge on any atom is -0.465 e. The van der Waals surface area contributed by atoms with Gasteiger partial charge in [-0.3, -0.25) is 4.90 Å². The molecule has 102 valence electrons. The van der Waals surface area contributed by atoms with E-state index >= 15 is 0 Å². The van der Waals surface area contributed by atoms with Gasteiger partial charge in [-0.2, -0.15) is 0 Å². The van der Waals surface area contributed by atoms with Gasteiger partial charge in [0, 0.05) is 12.1 Å². The standard InChI is InChI=1S/C12H13ClN2O4/c13-11(14-18)9-3-1-8(2-4-9)10-7-19-6-5-15(10)12(16)17/h1-4,10,18H,5-7H2,(H,16,17)/b14-11-/t10-/m0/s1. The molecule has 19 heavy (non-hydrogen) atoms. The van der Waals surface area contributed by atoms with Crippen molar-refractivity contribution in [2.75, 3.05) is 19.8 Å². The summed E-state index contributed by atoms with van der Waals surface area (Å²) in [6.07, 6.45) is -0.965. The van der Waals surface area contributed by atoms with Crippen LogP contribution in [0, 0.1) is 0 Å². The van der Waals surface area contributed by atoms with Crippen LogP contribution >= 0.6 is 11.6 Å². The first-order valence-corrected chi connectivity index (χ1v) is 6.06. The van der Waals surface area contributed by atoms with Gasteiger partial charge in [-0.25, -0.2) is 4.79 Å². The van der Waals surface area contributed by atoms with Crippen LogP contribution in [0.2, 0.25) is 0 Å². The number of halogens is 1. The van der Waals surface area contributed by atoms with Crippen LogP contribution in [0.15, 0.2) is 29.4 Å². The Morgan fingerprint density at radius 1 is 1.42 bits per heavy atom. The molecule has 1 amide bonds. The Hall–Kier alpha value is -1.79. The number of carbonyl (C=O) groups is 1. The van der Waals surface area contributed by atoms with Gasteiger partial charge in [-0.1, -0.05) is 41.0 Å². The summed E-state index contributed by atoms with van der Waals surface area (Å²) in [5, 5.41) is 20.6. The Balaban J connectivity index is 2.22. The molecule has 1 aromatic rings. The first kappa shape index (κ1) is 13.6. The van der Waals surface area contributed by atoms with Gasteiger partial charge in [0.05, 0.1) is 19.3 Å². The van der Waals surface area contributed by atoms with Crippen molar-refractivity contribution in [2.45, 2.75) is 6.04 Å². The topological polar surface area (TPSA) is 82.4 Å². The minimum atomic E-state index is -0.965. The Kier molecular flexibility index (Phi) is 4.24. The third kappa shape index (κ3) is 2.97. The summed E-state index contributed by atoms with van der Waals surface area (Å²) in [6, 6.07) is 6.51. The summed E-state index contributed by atoms with van der Waals surface area (Å²) < 4.78 is 5.32. The molecule has 0 aliphatic carbocycles. The van der Waals surface area contributed by atoms with Crippen molar-refractivity contribution in [1.82, 2.24) is 4.90 Å². The number of rotatable bonds is 2. The summed E-state index contributed by atoms with van der Waals surface area (Å²) in [5.41, 5.74) is 1.37. The Morgan fingerprint density at radius 3 is 2.68 bits per heavy atom. The fourth-order valence-corrected chi connectivity index (χ4v) is 2.14. The van der Waals surface area contributed by atoms with Crippen molar-refractivity contribution in [3.05, 3.63) is 35.4 Å². The van der Waals surface area contributed by atoms with Crippen LogP contribution in [0.4, 0.5) is 4.79 Å². The van der Waals surface area contributed by atoms with Crippen molar-refractivity contribution in [3.8, 4) is 0 Å². The van der Waals surface area contributed by atoms with Crippen LogP contribution in [0.3, 0.4) is 0 Å². The van der Waals surface area contributed by atoms with Crippen LogP contribution in [0.1, 0.15) is 17.2 Å². The highest BCUT2D eigenvalue weighted by Gasteiger charge is 2.28. The quantitative estimate of drug-likeness (QED) is 0.495. The van der Waals surface area contributed by atoms with E-state index in [1.165, 1.54) is 4.90 Å². The van der Waals surface area contributed by atoms with Gasteiger partial charge in [-0.05, 0) is 5.56 Å². The molecule has 1 saturated heterocycles. The molecule has 1 aromatic carbocycles. The smallest absolute Gasteiger partial charge is 0.407 e. The van der Waals surface area contributed by atoms with E-state index < -0.39 is 6.09 Å².